The lowest BCUT2D eigenvalue weighted by Gasteiger charge is -2.04. The number of benzene rings is 1. The van der Waals surface area contributed by atoms with Crippen LogP contribution in [0.4, 0.5) is 4.39 Å². The molecule has 1 aromatic carbocycles. The van der Waals surface area contributed by atoms with Crippen molar-refractivity contribution in [3.8, 4) is 22.6 Å². The summed E-state index contributed by atoms with van der Waals surface area (Å²) in [6.45, 7) is 0. The van der Waals surface area contributed by atoms with Crippen molar-refractivity contribution in [2.45, 2.75) is 0 Å². The molecule has 3 rings (SSSR count). The van der Waals surface area contributed by atoms with E-state index in [0.717, 1.165) is 5.56 Å². The standard InChI is InChI=1S/C14H10ClFN4/c1-20-8-10(7-17-20)12-6-13(15)19-14(18-12)9-2-4-11(16)5-3-9/h2-8H,1H3. The molecule has 2 aromatic heterocycles. The first-order valence-electron chi connectivity index (χ1n) is 5.91. The largest absolute Gasteiger partial charge is 0.275 e. The summed E-state index contributed by atoms with van der Waals surface area (Å²) >= 11 is 6.04. The van der Waals surface area contributed by atoms with Crippen LogP contribution in [0.25, 0.3) is 22.6 Å². The highest BCUT2D eigenvalue weighted by atomic mass is 35.5. The molecule has 0 amide bonds. The summed E-state index contributed by atoms with van der Waals surface area (Å²) in [4.78, 5) is 8.62. The quantitative estimate of drug-likeness (QED) is 0.679. The molecular formula is C14H10ClFN4. The average Bonchev–Trinajstić information content (AvgIpc) is 2.85. The Labute approximate surface area is 119 Å². The molecule has 6 heteroatoms. The van der Waals surface area contributed by atoms with Gasteiger partial charge in [-0.2, -0.15) is 5.10 Å². The van der Waals surface area contributed by atoms with Crippen LogP contribution >= 0.6 is 11.6 Å². The van der Waals surface area contributed by atoms with E-state index in [9.17, 15) is 4.39 Å². The number of aryl methyl sites for hydroxylation is 1. The summed E-state index contributed by atoms with van der Waals surface area (Å²) < 4.78 is 14.6. The third-order valence-electron chi connectivity index (χ3n) is 2.80. The Kier molecular flexibility index (Phi) is 3.20. The second-order valence-corrected chi connectivity index (χ2v) is 4.70. The zero-order chi connectivity index (χ0) is 14.1. The van der Waals surface area contributed by atoms with Gasteiger partial charge in [0.05, 0.1) is 11.9 Å². The van der Waals surface area contributed by atoms with Crippen molar-refractivity contribution < 1.29 is 4.39 Å². The van der Waals surface area contributed by atoms with Gasteiger partial charge in [0.15, 0.2) is 5.82 Å². The van der Waals surface area contributed by atoms with Crippen molar-refractivity contribution in [3.63, 3.8) is 0 Å². The van der Waals surface area contributed by atoms with E-state index in [-0.39, 0.29) is 5.82 Å². The van der Waals surface area contributed by atoms with Gasteiger partial charge in [-0.1, -0.05) is 11.6 Å². The lowest BCUT2D eigenvalue weighted by Crippen LogP contribution is -1.93. The fraction of sp³-hybridized carbons (Fsp3) is 0.0714. The van der Waals surface area contributed by atoms with Gasteiger partial charge in [0, 0.05) is 30.4 Å². The maximum absolute atomic E-state index is 13.0. The van der Waals surface area contributed by atoms with Crippen molar-refractivity contribution >= 4 is 11.6 Å². The van der Waals surface area contributed by atoms with Crippen LogP contribution in [0.3, 0.4) is 0 Å². The van der Waals surface area contributed by atoms with Crippen molar-refractivity contribution in [2.75, 3.05) is 0 Å². The van der Waals surface area contributed by atoms with Crippen molar-refractivity contribution in [1.29, 1.82) is 0 Å². The Morgan fingerprint density at radius 1 is 1.10 bits per heavy atom. The monoisotopic (exact) mass is 288 g/mol. The molecule has 4 nitrogen and oxygen atoms in total. The zero-order valence-electron chi connectivity index (χ0n) is 10.6. The summed E-state index contributed by atoms with van der Waals surface area (Å²) in [6.07, 6.45) is 3.54. The van der Waals surface area contributed by atoms with Gasteiger partial charge in [0.1, 0.15) is 11.0 Å². The number of rotatable bonds is 2. The number of hydrogen-bond donors (Lipinski definition) is 0. The second kappa shape index (κ2) is 5.02. The minimum Gasteiger partial charge on any atom is -0.275 e. The molecular weight excluding hydrogens is 279 g/mol. The van der Waals surface area contributed by atoms with Crippen molar-refractivity contribution in [1.82, 2.24) is 19.7 Å². The van der Waals surface area contributed by atoms with E-state index < -0.39 is 0 Å². The van der Waals surface area contributed by atoms with Gasteiger partial charge in [-0.25, -0.2) is 14.4 Å². The third kappa shape index (κ3) is 2.53. The SMILES string of the molecule is Cn1cc(-c2cc(Cl)nc(-c3ccc(F)cc3)n2)cn1. The highest BCUT2D eigenvalue weighted by molar-refractivity contribution is 6.29. The molecule has 0 aliphatic heterocycles. The van der Waals surface area contributed by atoms with E-state index in [1.54, 1.807) is 29.1 Å². The Morgan fingerprint density at radius 2 is 1.85 bits per heavy atom. The topological polar surface area (TPSA) is 43.6 Å². The molecule has 0 N–H and O–H groups in total. The molecule has 0 saturated carbocycles. The Morgan fingerprint density at radius 3 is 2.50 bits per heavy atom. The lowest BCUT2D eigenvalue weighted by atomic mass is 10.2. The van der Waals surface area contributed by atoms with Gasteiger partial charge in [-0.3, -0.25) is 4.68 Å². The zero-order valence-corrected chi connectivity index (χ0v) is 11.3. The van der Waals surface area contributed by atoms with Crippen LogP contribution in [0.1, 0.15) is 0 Å². The summed E-state index contributed by atoms with van der Waals surface area (Å²) in [5.74, 6) is 0.152. The van der Waals surface area contributed by atoms with Crippen LogP contribution in [-0.2, 0) is 7.05 Å². The van der Waals surface area contributed by atoms with Gasteiger partial charge in [-0.05, 0) is 24.3 Å². The molecule has 100 valence electrons. The third-order valence-corrected chi connectivity index (χ3v) is 2.99. The highest BCUT2D eigenvalue weighted by Crippen LogP contribution is 2.24. The number of aromatic nitrogens is 4. The summed E-state index contributed by atoms with van der Waals surface area (Å²) in [5, 5.41) is 4.43. The molecule has 0 atom stereocenters. The van der Waals surface area contributed by atoms with Crippen LogP contribution in [0.15, 0.2) is 42.7 Å². The van der Waals surface area contributed by atoms with E-state index in [0.29, 0.717) is 22.2 Å². The van der Waals surface area contributed by atoms with Crippen LogP contribution in [-0.4, -0.2) is 19.7 Å². The Bertz CT molecular complexity index is 752. The molecule has 20 heavy (non-hydrogen) atoms. The van der Waals surface area contributed by atoms with E-state index in [4.69, 9.17) is 11.6 Å². The van der Waals surface area contributed by atoms with Gasteiger partial charge < -0.3 is 0 Å². The van der Waals surface area contributed by atoms with Crippen molar-refractivity contribution in [2.24, 2.45) is 7.05 Å². The molecule has 2 heterocycles. The van der Waals surface area contributed by atoms with Crippen LogP contribution < -0.4 is 0 Å². The molecule has 0 aliphatic rings. The number of halogens is 2. The lowest BCUT2D eigenvalue weighted by molar-refractivity contribution is 0.628. The van der Waals surface area contributed by atoms with Crippen LogP contribution in [0.5, 0.6) is 0 Å². The fourth-order valence-electron chi connectivity index (χ4n) is 1.85. The number of hydrogen-bond acceptors (Lipinski definition) is 3. The summed E-state index contributed by atoms with van der Waals surface area (Å²) in [6, 6.07) is 7.64. The van der Waals surface area contributed by atoms with Gasteiger partial charge in [-0.15, -0.1) is 0 Å². The Hall–Kier alpha value is -2.27. The highest BCUT2D eigenvalue weighted by Gasteiger charge is 2.09. The van der Waals surface area contributed by atoms with E-state index in [1.807, 2.05) is 13.2 Å². The maximum Gasteiger partial charge on any atom is 0.161 e. The normalized spacial score (nSPS) is 10.8. The second-order valence-electron chi connectivity index (χ2n) is 4.31. The molecule has 0 unspecified atom stereocenters. The first kappa shape index (κ1) is 12.7. The van der Waals surface area contributed by atoms with Crippen LogP contribution in [0, 0.1) is 5.82 Å². The van der Waals surface area contributed by atoms with E-state index in [1.165, 1.54) is 12.1 Å². The smallest absolute Gasteiger partial charge is 0.161 e. The first-order chi connectivity index (χ1) is 9.61. The predicted octanol–water partition coefficient (Wildman–Crippen LogP) is 3.34. The minimum absolute atomic E-state index is 0.303. The Balaban J connectivity index is 2.09. The van der Waals surface area contributed by atoms with Gasteiger partial charge in [0.25, 0.3) is 0 Å². The predicted molar refractivity (Wildman–Crippen MR) is 74.6 cm³/mol. The molecule has 0 fully saturated rings. The number of nitrogens with zero attached hydrogens (tertiary/aromatic N) is 4. The first-order valence-corrected chi connectivity index (χ1v) is 6.29. The van der Waals surface area contributed by atoms with E-state index in [2.05, 4.69) is 15.1 Å². The molecule has 3 aromatic rings. The average molecular weight is 289 g/mol. The fourth-order valence-corrected chi connectivity index (χ4v) is 2.03. The van der Waals surface area contributed by atoms with Gasteiger partial charge >= 0.3 is 0 Å². The van der Waals surface area contributed by atoms with Gasteiger partial charge in [0.2, 0.25) is 0 Å². The molecule has 0 spiro atoms. The minimum atomic E-state index is -0.303. The van der Waals surface area contributed by atoms with Crippen molar-refractivity contribution in [3.05, 3.63) is 53.7 Å². The molecule has 0 radical (unpaired) electrons. The molecule has 0 aliphatic carbocycles. The summed E-state index contributed by atoms with van der Waals surface area (Å²) in [7, 11) is 1.83. The molecule has 0 bridgehead atoms. The van der Waals surface area contributed by atoms with Crippen LogP contribution in [0.2, 0.25) is 5.15 Å². The maximum atomic E-state index is 13.0. The molecule has 0 saturated heterocycles. The summed E-state index contributed by atoms with van der Waals surface area (Å²) in [5.41, 5.74) is 2.23. The van der Waals surface area contributed by atoms with E-state index >= 15 is 0 Å².